The van der Waals surface area contributed by atoms with Crippen LogP contribution in [0.2, 0.25) is 0 Å². The summed E-state index contributed by atoms with van der Waals surface area (Å²) in [4.78, 5) is 13.7. The number of hydrogen-bond donors (Lipinski definition) is 2. The van der Waals surface area contributed by atoms with Crippen LogP contribution < -0.4 is 20.1 Å². The number of fused-ring (bicyclic) bond motifs is 1. The van der Waals surface area contributed by atoms with Crippen LogP contribution in [0.4, 0.5) is 11.6 Å². The summed E-state index contributed by atoms with van der Waals surface area (Å²) in [6.07, 6.45) is 0. The van der Waals surface area contributed by atoms with Crippen LogP contribution in [0.1, 0.15) is 42.1 Å². The summed E-state index contributed by atoms with van der Waals surface area (Å²) in [7, 11) is 0. The molecule has 0 spiro atoms. The maximum atomic E-state index is 13.7. The number of anilines is 2. The number of rotatable bonds is 8. The molecule has 5 rings (SSSR count). The lowest BCUT2D eigenvalue weighted by atomic mass is 9.94. The highest BCUT2D eigenvalue weighted by atomic mass is 16.5. The van der Waals surface area contributed by atoms with E-state index in [2.05, 4.69) is 45.2 Å². The normalized spacial score (nSPS) is 14.5. The number of nitrogens with one attached hydrogen (secondary N) is 2. The number of tetrazole rings is 1. The van der Waals surface area contributed by atoms with Crippen molar-refractivity contribution >= 4 is 17.5 Å². The molecule has 4 aromatic rings. The van der Waals surface area contributed by atoms with Crippen LogP contribution in [0, 0.1) is 13.8 Å². The van der Waals surface area contributed by atoms with E-state index in [9.17, 15) is 4.79 Å². The molecule has 1 aliphatic rings. The lowest BCUT2D eigenvalue weighted by molar-refractivity contribution is -0.113. The maximum absolute atomic E-state index is 13.7. The highest BCUT2D eigenvalue weighted by Gasteiger charge is 2.34. The first kappa shape index (κ1) is 25.0. The number of hydrogen-bond acceptors (Lipinski definition) is 7. The minimum absolute atomic E-state index is 0.242. The molecule has 0 aliphatic carbocycles. The van der Waals surface area contributed by atoms with Gasteiger partial charge in [-0.1, -0.05) is 59.2 Å². The number of carbonyl (C=O) groups is 1. The zero-order valence-electron chi connectivity index (χ0n) is 21.9. The zero-order chi connectivity index (χ0) is 26.6. The van der Waals surface area contributed by atoms with E-state index in [-0.39, 0.29) is 5.91 Å². The summed E-state index contributed by atoms with van der Waals surface area (Å²) in [5.41, 5.74) is 5.94. The van der Waals surface area contributed by atoms with Crippen LogP contribution in [-0.4, -0.2) is 32.7 Å². The molecule has 2 N–H and O–H groups in total. The molecular weight excluding hydrogens is 480 g/mol. The molecule has 0 bridgehead atoms. The van der Waals surface area contributed by atoms with Crippen molar-refractivity contribution in [3.05, 3.63) is 100 Å². The van der Waals surface area contributed by atoms with E-state index >= 15 is 0 Å². The van der Waals surface area contributed by atoms with Gasteiger partial charge in [-0.05, 0) is 73.0 Å². The Balaban J connectivity index is 1.49. The minimum Gasteiger partial charge on any atom is -0.490 e. The van der Waals surface area contributed by atoms with Gasteiger partial charge in [-0.15, -0.1) is 0 Å². The van der Waals surface area contributed by atoms with Crippen LogP contribution >= 0.6 is 0 Å². The van der Waals surface area contributed by atoms with E-state index in [1.165, 1.54) is 5.56 Å². The Hall–Kier alpha value is -4.66. The summed E-state index contributed by atoms with van der Waals surface area (Å²) in [6, 6.07) is 21.0. The maximum Gasteiger partial charge on any atom is 0.255 e. The average molecular weight is 511 g/mol. The minimum atomic E-state index is -0.573. The van der Waals surface area contributed by atoms with Gasteiger partial charge in [0.25, 0.3) is 5.91 Å². The second kappa shape index (κ2) is 10.8. The predicted octanol–water partition coefficient (Wildman–Crippen LogP) is 5.20. The van der Waals surface area contributed by atoms with Crippen molar-refractivity contribution in [3.63, 3.8) is 0 Å². The highest BCUT2D eigenvalue weighted by molar-refractivity contribution is 6.06. The number of amides is 1. The van der Waals surface area contributed by atoms with Gasteiger partial charge < -0.3 is 20.1 Å². The Morgan fingerprint density at radius 3 is 2.55 bits per heavy atom. The Kier molecular flexibility index (Phi) is 7.08. The smallest absolute Gasteiger partial charge is 0.255 e. The summed E-state index contributed by atoms with van der Waals surface area (Å²) < 4.78 is 13.7. The molecular formula is C29H30N6O3. The van der Waals surface area contributed by atoms with Crippen molar-refractivity contribution in [2.75, 3.05) is 17.2 Å². The molecule has 0 fully saturated rings. The number of benzene rings is 3. The second-order valence-corrected chi connectivity index (χ2v) is 9.20. The fourth-order valence-electron chi connectivity index (χ4n) is 4.45. The third-order valence-electron chi connectivity index (χ3n) is 6.45. The van der Waals surface area contributed by atoms with Crippen LogP contribution in [-0.2, 0) is 11.4 Å². The molecule has 0 saturated carbocycles. The quantitative estimate of drug-likeness (QED) is 0.336. The molecule has 1 amide bonds. The molecule has 2 heterocycles. The number of nitrogens with zero attached hydrogens (tertiary/aromatic N) is 4. The van der Waals surface area contributed by atoms with Crippen molar-refractivity contribution in [3.8, 4) is 11.5 Å². The van der Waals surface area contributed by atoms with Crippen molar-refractivity contribution in [1.29, 1.82) is 0 Å². The van der Waals surface area contributed by atoms with Crippen LogP contribution in [0.5, 0.6) is 11.5 Å². The average Bonchev–Trinajstić information content (AvgIpc) is 3.37. The van der Waals surface area contributed by atoms with E-state index in [1.54, 1.807) is 4.68 Å². The van der Waals surface area contributed by atoms with Gasteiger partial charge in [-0.2, -0.15) is 4.68 Å². The first-order chi connectivity index (χ1) is 18.4. The van der Waals surface area contributed by atoms with Gasteiger partial charge in [-0.3, -0.25) is 4.79 Å². The Morgan fingerprint density at radius 2 is 1.79 bits per heavy atom. The fraction of sp³-hybridized carbons (Fsp3) is 0.241. The van der Waals surface area contributed by atoms with Crippen LogP contribution in [0.3, 0.4) is 0 Å². The number of allylic oxidation sites excluding steroid dienone is 1. The molecule has 1 aliphatic heterocycles. The highest BCUT2D eigenvalue weighted by Crippen LogP contribution is 2.39. The largest absolute Gasteiger partial charge is 0.490 e. The molecule has 3 aromatic carbocycles. The number of ether oxygens (including phenoxy) is 2. The number of aromatic nitrogens is 4. The van der Waals surface area contributed by atoms with Crippen molar-refractivity contribution in [1.82, 2.24) is 20.2 Å². The summed E-state index contributed by atoms with van der Waals surface area (Å²) in [5.74, 6) is 1.42. The zero-order valence-corrected chi connectivity index (χ0v) is 21.9. The van der Waals surface area contributed by atoms with Gasteiger partial charge >= 0.3 is 0 Å². The lowest BCUT2D eigenvalue weighted by Crippen LogP contribution is -2.31. The molecule has 9 nitrogen and oxygen atoms in total. The third kappa shape index (κ3) is 5.08. The number of carbonyl (C=O) groups excluding carboxylic acids is 1. The molecule has 9 heteroatoms. The van der Waals surface area contributed by atoms with Crippen molar-refractivity contribution in [2.24, 2.45) is 0 Å². The first-order valence-electron chi connectivity index (χ1n) is 12.5. The fourth-order valence-corrected chi connectivity index (χ4v) is 4.45. The standard InChI is InChI=1S/C29H30N6O3/c1-5-37-25-16-22(14-15-24(25)38-17-21-12-10-18(2)11-13-21)27-26(20(4)30-29-32-33-34-35(27)29)28(36)31-23-9-7-6-8-19(23)3/h6-16,27H,5,17H2,1-4H3,(H,31,36)(H,30,32,34). The number of aryl methyl sites for hydroxylation is 2. The second-order valence-electron chi connectivity index (χ2n) is 9.20. The summed E-state index contributed by atoms with van der Waals surface area (Å²) in [6.45, 7) is 8.65. The third-order valence-corrected chi connectivity index (χ3v) is 6.45. The monoisotopic (exact) mass is 510 g/mol. The summed E-state index contributed by atoms with van der Waals surface area (Å²) >= 11 is 0. The van der Waals surface area contributed by atoms with E-state index in [0.717, 1.165) is 22.4 Å². The summed E-state index contributed by atoms with van der Waals surface area (Å²) in [5, 5.41) is 18.3. The Bertz CT molecular complexity index is 1490. The number of para-hydroxylation sites is 1. The van der Waals surface area contributed by atoms with E-state index in [4.69, 9.17) is 9.47 Å². The van der Waals surface area contributed by atoms with E-state index < -0.39 is 6.04 Å². The molecule has 0 radical (unpaired) electrons. The molecule has 1 unspecified atom stereocenters. The van der Waals surface area contributed by atoms with Crippen molar-refractivity contribution < 1.29 is 14.3 Å². The van der Waals surface area contributed by atoms with Gasteiger partial charge in [0, 0.05) is 11.4 Å². The van der Waals surface area contributed by atoms with Gasteiger partial charge in [-0.25, -0.2) is 0 Å². The van der Waals surface area contributed by atoms with Crippen LogP contribution in [0.25, 0.3) is 0 Å². The van der Waals surface area contributed by atoms with Crippen LogP contribution in [0.15, 0.2) is 78.0 Å². The van der Waals surface area contributed by atoms with Gasteiger partial charge in [0.05, 0.1) is 12.2 Å². The molecule has 1 atom stereocenters. The Labute approximate surface area is 221 Å². The van der Waals surface area contributed by atoms with Gasteiger partial charge in [0.1, 0.15) is 12.6 Å². The lowest BCUT2D eigenvalue weighted by Gasteiger charge is -2.28. The van der Waals surface area contributed by atoms with E-state index in [0.29, 0.717) is 41.9 Å². The predicted molar refractivity (Wildman–Crippen MR) is 145 cm³/mol. The topological polar surface area (TPSA) is 103 Å². The Morgan fingerprint density at radius 1 is 1.00 bits per heavy atom. The van der Waals surface area contributed by atoms with E-state index in [1.807, 2.05) is 75.4 Å². The van der Waals surface area contributed by atoms with Crippen molar-refractivity contribution in [2.45, 2.75) is 40.3 Å². The SMILES string of the molecule is CCOc1cc(C2C(C(=O)Nc3ccccc3C)=C(C)Nc3nnnn32)ccc1OCc1ccc(C)cc1. The molecule has 194 valence electrons. The molecule has 0 saturated heterocycles. The van der Waals surface area contributed by atoms with Gasteiger partial charge in [0.2, 0.25) is 5.95 Å². The first-order valence-corrected chi connectivity index (χ1v) is 12.5. The van der Waals surface area contributed by atoms with Gasteiger partial charge in [0.15, 0.2) is 11.5 Å². The molecule has 38 heavy (non-hydrogen) atoms. The molecule has 1 aromatic heterocycles.